The molecule has 96 valence electrons. The summed E-state index contributed by atoms with van der Waals surface area (Å²) >= 11 is 0. The van der Waals surface area contributed by atoms with Crippen molar-refractivity contribution in [2.24, 2.45) is 0 Å². The third-order valence-electron chi connectivity index (χ3n) is 2.67. The fourth-order valence-corrected chi connectivity index (χ4v) is 1.55. The zero-order valence-electron chi connectivity index (χ0n) is 9.62. The summed E-state index contributed by atoms with van der Waals surface area (Å²) in [6.45, 7) is 1.63. The van der Waals surface area contributed by atoms with E-state index in [0.717, 1.165) is 6.42 Å². The van der Waals surface area contributed by atoms with Gasteiger partial charge in [0, 0.05) is 0 Å². The van der Waals surface area contributed by atoms with Crippen molar-refractivity contribution in [1.82, 2.24) is 10.6 Å². The molecule has 1 fully saturated rings. The molecule has 1 rings (SSSR count). The van der Waals surface area contributed by atoms with Gasteiger partial charge in [0.25, 0.3) is 0 Å². The maximum atomic E-state index is 11.4. The van der Waals surface area contributed by atoms with Gasteiger partial charge in [-0.3, -0.25) is 4.79 Å². The van der Waals surface area contributed by atoms with E-state index >= 15 is 0 Å². The lowest BCUT2D eigenvalue weighted by atomic mass is 9.77. The first-order valence-electron chi connectivity index (χ1n) is 5.45. The number of esters is 1. The van der Waals surface area contributed by atoms with Crippen LogP contribution in [-0.4, -0.2) is 41.8 Å². The van der Waals surface area contributed by atoms with Gasteiger partial charge in [0.2, 0.25) is 0 Å². The quantitative estimate of drug-likeness (QED) is 0.584. The van der Waals surface area contributed by atoms with E-state index in [1.807, 2.05) is 0 Å². The average molecular weight is 244 g/mol. The van der Waals surface area contributed by atoms with E-state index in [2.05, 4.69) is 15.4 Å². The highest BCUT2D eigenvalue weighted by Crippen LogP contribution is 2.31. The summed E-state index contributed by atoms with van der Waals surface area (Å²) < 4.78 is 4.61. The normalized spacial score (nSPS) is 16.5. The molecule has 0 saturated heterocycles. The zero-order valence-corrected chi connectivity index (χ0v) is 9.62. The van der Waals surface area contributed by atoms with Crippen molar-refractivity contribution in [3.8, 4) is 0 Å². The number of aliphatic carboxylic acids is 1. The molecule has 0 aromatic carbocycles. The number of nitrogens with one attached hydrogen (secondary N) is 2. The lowest BCUT2D eigenvalue weighted by Gasteiger charge is -2.38. The van der Waals surface area contributed by atoms with Crippen LogP contribution < -0.4 is 10.6 Å². The second-order valence-electron chi connectivity index (χ2n) is 3.85. The summed E-state index contributed by atoms with van der Waals surface area (Å²) in [6, 6.07) is -0.667. The van der Waals surface area contributed by atoms with Gasteiger partial charge in [0.05, 0.1) is 6.61 Å². The zero-order chi connectivity index (χ0) is 12.9. The lowest BCUT2D eigenvalue weighted by Crippen LogP contribution is -2.61. The first-order valence-corrected chi connectivity index (χ1v) is 5.45. The number of amides is 2. The van der Waals surface area contributed by atoms with E-state index in [1.165, 1.54) is 0 Å². The molecule has 7 heteroatoms. The van der Waals surface area contributed by atoms with E-state index in [0.29, 0.717) is 12.8 Å². The summed E-state index contributed by atoms with van der Waals surface area (Å²) in [6.07, 6.45) is 1.59. The number of urea groups is 1. The molecule has 0 spiro atoms. The standard InChI is InChI=1S/C10H16N2O5/c1-2-17-7(13)6-11-9(16)12-10(8(14)15)4-3-5-10/h2-6H2,1H3,(H,14,15)(H2,11,12,16). The van der Waals surface area contributed by atoms with Crippen LogP contribution in [-0.2, 0) is 14.3 Å². The fourth-order valence-electron chi connectivity index (χ4n) is 1.55. The molecule has 1 aliphatic rings. The van der Waals surface area contributed by atoms with Gasteiger partial charge in [0.1, 0.15) is 12.1 Å². The summed E-state index contributed by atoms with van der Waals surface area (Å²) in [5.41, 5.74) is -1.17. The van der Waals surface area contributed by atoms with Crippen molar-refractivity contribution in [2.45, 2.75) is 31.7 Å². The van der Waals surface area contributed by atoms with Gasteiger partial charge in [-0.05, 0) is 26.2 Å². The molecule has 0 heterocycles. The predicted octanol–water partition coefficient (Wildman–Crippen LogP) is -0.144. The predicted molar refractivity (Wildman–Crippen MR) is 57.4 cm³/mol. The van der Waals surface area contributed by atoms with Crippen LogP contribution in [0.1, 0.15) is 26.2 Å². The second kappa shape index (κ2) is 5.51. The van der Waals surface area contributed by atoms with Gasteiger partial charge >= 0.3 is 18.0 Å². The molecule has 2 amide bonds. The van der Waals surface area contributed by atoms with Gasteiger partial charge < -0.3 is 20.5 Å². The SMILES string of the molecule is CCOC(=O)CNC(=O)NC1(C(=O)O)CCC1. The van der Waals surface area contributed by atoms with Crippen LogP contribution in [0.3, 0.4) is 0 Å². The molecule has 0 atom stereocenters. The Hall–Kier alpha value is -1.79. The van der Waals surface area contributed by atoms with E-state index in [-0.39, 0.29) is 13.2 Å². The number of ether oxygens (including phenoxy) is 1. The third-order valence-corrected chi connectivity index (χ3v) is 2.67. The van der Waals surface area contributed by atoms with Crippen molar-refractivity contribution in [2.75, 3.05) is 13.2 Å². The molecule has 17 heavy (non-hydrogen) atoms. The number of hydrogen-bond acceptors (Lipinski definition) is 4. The van der Waals surface area contributed by atoms with Crippen LogP contribution in [0, 0.1) is 0 Å². The average Bonchev–Trinajstić information content (AvgIpc) is 2.20. The highest BCUT2D eigenvalue weighted by atomic mass is 16.5. The first kappa shape index (κ1) is 13.3. The van der Waals surface area contributed by atoms with Crippen molar-refractivity contribution in [3.63, 3.8) is 0 Å². The molecule has 0 aromatic heterocycles. The molecule has 0 aliphatic heterocycles. The number of rotatable bonds is 5. The molecular formula is C10H16N2O5. The molecule has 3 N–H and O–H groups in total. The molecule has 1 saturated carbocycles. The Morgan fingerprint density at radius 3 is 2.41 bits per heavy atom. The summed E-state index contributed by atoms with van der Waals surface area (Å²) in [4.78, 5) is 33.3. The van der Waals surface area contributed by atoms with Crippen molar-refractivity contribution in [3.05, 3.63) is 0 Å². The molecule has 0 unspecified atom stereocenters. The largest absolute Gasteiger partial charge is 0.480 e. The maximum absolute atomic E-state index is 11.4. The Labute approximate surface area is 98.5 Å². The van der Waals surface area contributed by atoms with E-state index in [1.54, 1.807) is 6.92 Å². The minimum absolute atomic E-state index is 0.237. The number of carboxylic acids is 1. The van der Waals surface area contributed by atoms with Crippen molar-refractivity contribution < 1.29 is 24.2 Å². The van der Waals surface area contributed by atoms with Crippen LogP contribution >= 0.6 is 0 Å². The number of hydrogen-bond donors (Lipinski definition) is 3. The van der Waals surface area contributed by atoms with E-state index < -0.39 is 23.5 Å². The monoisotopic (exact) mass is 244 g/mol. The van der Waals surface area contributed by atoms with Crippen molar-refractivity contribution >= 4 is 18.0 Å². The third kappa shape index (κ3) is 3.33. The Bertz CT molecular complexity index is 325. The Balaban J connectivity index is 2.34. The smallest absolute Gasteiger partial charge is 0.329 e. The number of carbonyl (C=O) groups is 3. The first-order chi connectivity index (χ1) is 8.00. The Morgan fingerprint density at radius 2 is 2.00 bits per heavy atom. The fraction of sp³-hybridized carbons (Fsp3) is 0.700. The van der Waals surface area contributed by atoms with Crippen LogP contribution in [0.15, 0.2) is 0 Å². The van der Waals surface area contributed by atoms with Crippen LogP contribution in [0.5, 0.6) is 0 Å². The van der Waals surface area contributed by atoms with Crippen LogP contribution in [0.25, 0.3) is 0 Å². The molecule has 0 radical (unpaired) electrons. The maximum Gasteiger partial charge on any atom is 0.329 e. The Kier molecular flexibility index (Phi) is 4.30. The summed E-state index contributed by atoms with van der Waals surface area (Å²) in [5.74, 6) is -1.60. The van der Waals surface area contributed by atoms with E-state index in [9.17, 15) is 14.4 Å². The minimum Gasteiger partial charge on any atom is -0.480 e. The van der Waals surface area contributed by atoms with Gasteiger partial charge in [-0.1, -0.05) is 0 Å². The summed E-state index contributed by atoms with van der Waals surface area (Å²) in [5, 5.41) is 13.6. The number of carbonyl (C=O) groups excluding carboxylic acids is 2. The van der Waals surface area contributed by atoms with Gasteiger partial charge in [-0.2, -0.15) is 0 Å². The summed E-state index contributed by atoms with van der Waals surface area (Å²) in [7, 11) is 0. The lowest BCUT2D eigenvalue weighted by molar-refractivity contribution is -0.148. The Morgan fingerprint density at radius 1 is 1.35 bits per heavy atom. The van der Waals surface area contributed by atoms with Gasteiger partial charge in [0.15, 0.2) is 0 Å². The van der Waals surface area contributed by atoms with Crippen LogP contribution in [0.2, 0.25) is 0 Å². The van der Waals surface area contributed by atoms with E-state index in [4.69, 9.17) is 5.11 Å². The molecule has 1 aliphatic carbocycles. The minimum atomic E-state index is -1.17. The molecular weight excluding hydrogens is 228 g/mol. The molecule has 0 bridgehead atoms. The molecule has 7 nitrogen and oxygen atoms in total. The number of carboxylic acid groups (broad SMARTS) is 1. The second-order valence-corrected chi connectivity index (χ2v) is 3.85. The highest BCUT2D eigenvalue weighted by Gasteiger charge is 2.45. The van der Waals surface area contributed by atoms with Crippen molar-refractivity contribution in [1.29, 1.82) is 0 Å². The van der Waals surface area contributed by atoms with Gasteiger partial charge in [-0.15, -0.1) is 0 Å². The highest BCUT2D eigenvalue weighted by molar-refractivity contribution is 5.88. The topological polar surface area (TPSA) is 105 Å². The van der Waals surface area contributed by atoms with Gasteiger partial charge in [-0.25, -0.2) is 9.59 Å². The van der Waals surface area contributed by atoms with Crippen LogP contribution in [0.4, 0.5) is 4.79 Å². The molecule has 0 aromatic rings.